The summed E-state index contributed by atoms with van der Waals surface area (Å²) in [6.45, 7) is 4.28. The summed E-state index contributed by atoms with van der Waals surface area (Å²) in [6.07, 6.45) is 8.99. The maximum atomic E-state index is 5.85. The summed E-state index contributed by atoms with van der Waals surface area (Å²) in [7, 11) is 0. The van der Waals surface area contributed by atoms with Crippen molar-refractivity contribution in [1.29, 1.82) is 0 Å². The molecular formula is C13H23NO. The van der Waals surface area contributed by atoms with E-state index in [9.17, 15) is 0 Å². The van der Waals surface area contributed by atoms with E-state index in [1.165, 1.54) is 45.1 Å². The molecule has 1 N–H and O–H groups in total. The van der Waals surface area contributed by atoms with Crippen molar-refractivity contribution in [3.8, 4) is 0 Å². The molecule has 86 valence electrons. The van der Waals surface area contributed by atoms with E-state index >= 15 is 0 Å². The molecule has 15 heavy (non-hydrogen) atoms. The SMILES string of the molecule is CCOC1CC(NCC2CC2)C12CCC2. The van der Waals surface area contributed by atoms with E-state index in [2.05, 4.69) is 12.2 Å². The van der Waals surface area contributed by atoms with Crippen LogP contribution in [-0.2, 0) is 4.74 Å². The molecule has 2 nitrogen and oxygen atoms in total. The van der Waals surface area contributed by atoms with Gasteiger partial charge in [-0.3, -0.25) is 0 Å². The van der Waals surface area contributed by atoms with Crippen molar-refractivity contribution in [3.05, 3.63) is 0 Å². The third kappa shape index (κ3) is 1.62. The second kappa shape index (κ2) is 3.74. The summed E-state index contributed by atoms with van der Waals surface area (Å²) in [5.74, 6) is 1.01. The lowest BCUT2D eigenvalue weighted by molar-refractivity contribution is -0.172. The van der Waals surface area contributed by atoms with Crippen molar-refractivity contribution >= 4 is 0 Å². The lowest BCUT2D eigenvalue weighted by atomic mass is 9.51. The summed E-state index contributed by atoms with van der Waals surface area (Å²) < 4.78 is 5.85. The van der Waals surface area contributed by atoms with Gasteiger partial charge >= 0.3 is 0 Å². The fraction of sp³-hybridized carbons (Fsp3) is 1.00. The Morgan fingerprint density at radius 3 is 2.67 bits per heavy atom. The first-order valence-corrected chi connectivity index (χ1v) is 6.70. The van der Waals surface area contributed by atoms with Gasteiger partial charge in [-0.05, 0) is 51.5 Å². The molecule has 3 saturated carbocycles. The number of hydrogen-bond acceptors (Lipinski definition) is 2. The zero-order chi connectivity index (χ0) is 10.3. The van der Waals surface area contributed by atoms with Crippen LogP contribution < -0.4 is 5.32 Å². The predicted octanol–water partition coefficient (Wildman–Crippen LogP) is 2.33. The Morgan fingerprint density at radius 2 is 2.13 bits per heavy atom. The van der Waals surface area contributed by atoms with E-state index in [4.69, 9.17) is 4.74 Å². The van der Waals surface area contributed by atoms with Gasteiger partial charge in [0.2, 0.25) is 0 Å². The van der Waals surface area contributed by atoms with E-state index in [0.717, 1.165) is 18.6 Å². The standard InChI is InChI=1S/C13H23NO/c1-2-15-12-8-11(13(12)6-3-7-13)14-9-10-4-5-10/h10-12,14H,2-9H2,1H3. The summed E-state index contributed by atoms with van der Waals surface area (Å²) >= 11 is 0. The van der Waals surface area contributed by atoms with Gasteiger partial charge in [0.25, 0.3) is 0 Å². The number of rotatable bonds is 5. The Hall–Kier alpha value is -0.0800. The minimum Gasteiger partial charge on any atom is -0.378 e. The van der Waals surface area contributed by atoms with Crippen molar-refractivity contribution in [2.24, 2.45) is 11.3 Å². The molecule has 0 aromatic rings. The third-order valence-corrected chi connectivity index (χ3v) is 4.79. The lowest BCUT2D eigenvalue weighted by Gasteiger charge is -2.61. The van der Waals surface area contributed by atoms with Crippen molar-refractivity contribution < 1.29 is 4.74 Å². The molecule has 2 atom stereocenters. The topological polar surface area (TPSA) is 21.3 Å². The summed E-state index contributed by atoms with van der Waals surface area (Å²) in [5, 5.41) is 3.78. The number of ether oxygens (including phenoxy) is 1. The van der Waals surface area contributed by atoms with E-state index in [0.29, 0.717) is 11.5 Å². The van der Waals surface area contributed by atoms with Crippen LogP contribution in [0.1, 0.15) is 45.4 Å². The smallest absolute Gasteiger partial charge is 0.0661 e. The summed E-state index contributed by atoms with van der Waals surface area (Å²) in [5.41, 5.74) is 0.560. The number of nitrogens with one attached hydrogen (secondary N) is 1. The molecule has 0 bridgehead atoms. The quantitative estimate of drug-likeness (QED) is 0.750. The average molecular weight is 209 g/mol. The summed E-state index contributed by atoms with van der Waals surface area (Å²) in [6, 6.07) is 0.781. The van der Waals surface area contributed by atoms with E-state index < -0.39 is 0 Å². The molecule has 1 spiro atoms. The maximum Gasteiger partial charge on any atom is 0.0661 e. The minimum atomic E-state index is 0.560. The normalized spacial score (nSPS) is 37.4. The van der Waals surface area contributed by atoms with Gasteiger partial charge in [-0.1, -0.05) is 6.42 Å². The molecule has 2 heteroatoms. The van der Waals surface area contributed by atoms with Crippen LogP contribution in [0, 0.1) is 11.3 Å². The molecule has 3 aliphatic carbocycles. The van der Waals surface area contributed by atoms with Gasteiger partial charge in [0.1, 0.15) is 0 Å². The van der Waals surface area contributed by atoms with Crippen molar-refractivity contribution in [1.82, 2.24) is 5.32 Å². The van der Waals surface area contributed by atoms with Crippen LogP contribution in [0.15, 0.2) is 0 Å². The molecule has 3 aliphatic rings. The minimum absolute atomic E-state index is 0.560. The van der Waals surface area contributed by atoms with Gasteiger partial charge in [0.15, 0.2) is 0 Å². The Balaban J connectivity index is 1.52. The first-order chi connectivity index (χ1) is 7.35. The second-order valence-electron chi connectivity index (χ2n) is 5.67. The third-order valence-electron chi connectivity index (χ3n) is 4.79. The van der Waals surface area contributed by atoms with E-state index in [-0.39, 0.29) is 0 Å². The Morgan fingerprint density at radius 1 is 1.33 bits per heavy atom. The Bertz CT molecular complexity index is 233. The summed E-state index contributed by atoms with van der Waals surface area (Å²) in [4.78, 5) is 0. The average Bonchev–Trinajstić information content (AvgIpc) is 2.90. The van der Waals surface area contributed by atoms with Crippen LogP contribution in [0.3, 0.4) is 0 Å². The molecule has 0 aromatic heterocycles. The maximum absolute atomic E-state index is 5.85. The van der Waals surface area contributed by atoms with Gasteiger partial charge < -0.3 is 10.1 Å². The largest absolute Gasteiger partial charge is 0.378 e. The molecular weight excluding hydrogens is 186 g/mol. The molecule has 2 unspecified atom stereocenters. The fourth-order valence-electron chi connectivity index (χ4n) is 3.36. The fourth-order valence-corrected chi connectivity index (χ4v) is 3.36. The van der Waals surface area contributed by atoms with Crippen LogP contribution in [0.5, 0.6) is 0 Å². The highest BCUT2D eigenvalue weighted by atomic mass is 16.5. The molecule has 0 heterocycles. The Labute approximate surface area is 92.8 Å². The molecule has 0 saturated heterocycles. The van der Waals surface area contributed by atoms with E-state index in [1.807, 2.05) is 0 Å². The van der Waals surface area contributed by atoms with Gasteiger partial charge in [0, 0.05) is 18.1 Å². The molecule has 3 fully saturated rings. The van der Waals surface area contributed by atoms with Crippen LogP contribution in [-0.4, -0.2) is 25.3 Å². The first-order valence-electron chi connectivity index (χ1n) is 6.70. The van der Waals surface area contributed by atoms with Crippen LogP contribution in [0.2, 0.25) is 0 Å². The number of hydrogen-bond donors (Lipinski definition) is 1. The van der Waals surface area contributed by atoms with Crippen molar-refractivity contribution in [2.45, 2.75) is 57.6 Å². The molecule has 3 rings (SSSR count). The monoisotopic (exact) mass is 209 g/mol. The van der Waals surface area contributed by atoms with Gasteiger partial charge in [-0.2, -0.15) is 0 Å². The highest BCUT2D eigenvalue weighted by Crippen LogP contribution is 2.57. The second-order valence-corrected chi connectivity index (χ2v) is 5.67. The van der Waals surface area contributed by atoms with Gasteiger partial charge in [-0.25, -0.2) is 0 Å². The van der Waals surface area contributed by atoms with Crippen molar-refractivity contribution in [3.63, 3.8) is 0 Å². The van der Waals surface area contributed by atoms with Crippen LogP contribution in [0.25, 0.3) is 0 Å². The van der Waals surface area contributed by atoms with E-state index in [1.54, 1.807) is 0 Å². The predicted molar refractivity (Wildman–Crippen MR) is 60.8 cm³/mol. The van der Waals surface area contributed by atoms with Crippen LogP contribution >= 0.6 is 0 Å². The van der Waals surface area contributed by atoms with Crippen molar-refractivity contribution in [2.75, 3.05) is 13.2 Å². The molecule has 0 amide bonds. The molecule has 0 radical (unpaired) electrons. The molecule has 0 aromatic carbocycles. The van der Waals surface area contributed by atoms with Gasteiger partial charge in [-0.15, -0.1) is 0 Å². The first kappa shape index (κ1) is 10.1. The molecule has 0 aliphatic heterocycles. The highest BCUT2D eigenvalue weighted by molar-refractivity contribution is 5.12. The highest BCUT2D eigenvalue weighted by Gasteiger charge is 2.58. The Kier molecular flexibility index (Phi) is 2.52. The zero-order valence-corrected chi connectivity index (χ0v) is 9.80. The van der Waals surface area contributed by atoms with Crippen LogP contribution in [0.4, 0.5) is 0 Å². The van der Waals surface area contributed by atoms with Gasteiger partial charge in [0.05, 0.1) is 6.10 Å². The lowest BCUT2D eigenvalue weighted by Crippen LogP contribution is -2.67. The zero-order valence-electron chi connectivity index (χ0n) is 9.80.